The van der Waals surface area contributed by atoms with Gasteiger partial charge in [0.1, 0.15) is 20.9 Å². The molecule has 2 N–H and O–H groups in total. The highest BCUT2D eigenvalue weighted by atomic mass is 127. The number of ether oxygens (including phenoxy) is 1. The number of halogens is 1. The molecule has 8 heteroatoms. The molecule has 1 unspecified atom stereocenters. The molecule has 1 aromatic carbocycles. The van der Waals surface area contributed by atoms with Gasteiger partial charge in [-0.2, -0.15) is 0 Å². The molecular weight excluding hydrogens is 463 g/mol. The van der Waals surface area contributed by atoms with Crippen LogP contribution in [0.1, 0.15) is 19.5 Å². The van der Waals surface area contributed by atoms with Gasteiger partial charge in [0.2, 0.25) is 0 Å². The summed E-state index contributed by atoms with van der Waals surface area (Å²) in [4.78, 5) is 11.7. The van der Waals surface area contributed by atoms with Gasteiger partial charge in [-0.1, -0.05) is 22.6 Å². The molecule has 1 saturated heterocycles. The first-order valence-electron chi connectivity index (χ1n) is 8.53. The largest absolute Gasteiger partial charge is 0.616 e. The third-order valence-corrected chi connectivity index (χ3v) is 6.78. The fourth-order valence-corrected chi connectivity index (χ4v) is 4.20. The highest BCUT2D eigenvalue weighted by Gasteiger charge is 2.24. The van der Waals surface area contributed by atoms with Crippen molar-refractivity contribution in [2.75, 3.05) is 30.4 Å². The first-order chi connectivity index (χ1) is 12.4. The van der Waals surface area contributed by atoms with Gasteiger partial charge >= 0.3 is 0 Å². The van der Waals surface area contributed by atoms with E-state index < -0.39 is 11.2 Å². The topological polar surface area (TPSA) is 87.3 Å². The van der Waals surface area contributed by atoms with Crippen LogP contribution in [0.2, 0.25) is 0 Å². The van der Waals surface area contributed by atoms with Crippen molar-refractivity contribution in [2.45, 2.75) is 28.9 Å². The van der Waals surface area contributed by atoms with E-state index in [9.17, 15) is 4.55 Å². The Morgan fingerprint density at radius 1 is 1.35 bits per heavy atom. The number of alkyl halides is 1. The Labute approximate surface area is 170 Å². The molecule has 140 valence electrons. The van der Waals surface area contributed by atoms with Crippen molar-refractivity contribution < 1.29 is 9.29 Å². The van der Waals surface area contributed by atoms with Gasteiger partial charge in [0, 0.05) is 23.9 Å². The van der Waals surface area contributed by atoms with Crippen LogP contribution in [-0.4, -0.2) is 43.6 Å². The molecule has 0 radical (unpaired) electrons. The monoisotopic (exact) mass is 486 g/mol. The van der Waals surface area contributed by atoms with E-state index >= 15 is 0 Å². The fourth-order valence-electron chi connectivity index (χ4n) is 2.61. The Kier molecular flexibility index (Phi) is 6.60. The van der Waals surface area contributed by atoms with Gasteiger partial charge in [0.25, 0.3) is 0 Å². The molecule has 0 aliphatic carbocycles. The van der Waals surface area contributed by atoms with E-state index in [1.807, 2.05) is 44.2 Å². The molecule has 26 heavy (non-hydrogen) atoms. The second-order valence-electron chi connectivity index (χ2n) is 6.44. The quantitative estimate of drug-likeness (QED) is 0.230. The van der Waals surface area contributed by atoms with Gasteiger partial charge in [-0.05, 0) is 49.3 Å². The van der Waals surface area contributed by atoms with Crippen molar-refractivity contribution in [3.05, 3.63) is 36.0 Å². The summed E-state index contributed by atoms with van der Waals surface area (Å²) >= 11 is 1.40. The number of hydrogen-bond acceptors (Lipinski definition) is 6. The van der Waals surface area contributed by atoms with Gasteiger partial charge < -0.3 is 19.9 Å². The van der Waals surface area contributed by atoms with Crippen LogP contribution in [0.25, 0.3) is 11.4 Å². The van der Waals surface area contributed by atoms with Crippen molar-refractivity contribution in [3.8, 4) is 11.4 Å². The summed E-state index contributed by atoms with van der Waals surface area (Å²) in [5.74, 6) is 1.91. The molecule has 1 fully saturated rings. The van der Waals surface area contributed by atoms with E-state index in [0.29, 0.717) is 30.5 Å². The Balaban J connectivity index is 1.99. The second kappa shape index (κ2) is 8.73. The molecule has 0 spiro atoms. The Morgan fingerprint density at radius 3 is 2.73 bits per heavy atom. The minimum Gasteiger partial charge on any atom is -0.616 e. The first-order valence-corrected chi connectivity index (χ1v) is 11.2. The van der Waals surface area contributed by atoms with Crippen LogP contribution in [-0.2, 0) is 21.7 Å². The molecule has 2 atom stereocenters. The number of aromatic nitrogens is 2. The second-order valence-corrected chi connectivity index (χ2v) is 9.87. The number of rotatable bonds is 5. The van der Waals surface area contributed by atoms with Gasteiger partial charge in [-0.25, -0.2) is 9.97 Å². The van der Waals surface area contributed by atoms with Crippen molar-refractivity contribution >= 4 is 45.3 Å². The predicted molar refractivity (Wildman–Crippen MR) is 115 cm³/mol. The lowest BCUT2D eigenvalue weighted by Gasteiger charge is -2.33. The molecule has 0 saturated carbocycles. The summed E-state index contributed by atoms with van der Waals surface area (Å²) in [6.07, 6.45) is 0. The van der Waals surface area contributed by atoms with E-state index in [1.54, 1.807) is 0 Å². The zero-order valence-corrected chi connectivity index (χ0v) is 17.9. The molecular formula is C18H23IN4O2S. The smallest absolute Gasteiger partial charge is 0.161 e. The minimum atomic E-state index is -0.968. The molecule has 1 aliphatic heterocycles. The zero-order valence-electron chi connectivity index (χ0n) is 14.9. The number of nitrogen functional groups attached to an aromatic ring is 1. The van der Waals surface area contributed by atoms with Crippen LogP contribution in [0.5, 0.6) is 0 Å². The van der Waals surface area contributed by atoms with Crippen LogP contribution in [0.3, 0.4) is 0 Å². The zero-order chi connectivity index (χ0) is 18.7. The Hall–Kier alpha value is -1.10. The third kappa shape index (κ3) is 4.79. The molecule has 0 bridgehead atoms. The van der Waals surface area contributed by atoms with Crippen molar-refractivity contribution in [1.82, 2.24) is 9.97 Å². The maximum absolute atomic E-state index is 12.4. The number of anilines is 2. The van der Waals surface area contributed by atoms with Crippen LogP contribution in [0.4, 0.5) is 11.5 Å². The summed E-state index contributed by atoms with van der Waals surface area (Å²) in [7, 11) is 0. The maximum Gasteiger partial charge on any atom is 0.161 e. The lowest BCUT2D eigenvalue weighted by molar-refractivity contribution is 0.118. The lowest BCUT2D eigenvalue weighted by atomic mass is 10.2. The fraction of sp³-hybridized carbons (Fsp3) is 0.444. The van der Waals surface area contributed by atoms with Gasteiger partial charge in [-0.3, -0.25) is 0 Å². The van der Waals surface area contributed by atoms with Gasteiger partial charge in [-0.15, -0.1) is 0 Å². The van der Waals surface area contributed by atoms with E-state index in [2.05, 4.69) is 32.5 Å². The standard InChI is InChI=1S/C18H23IN4O2S/c1-12(2)26(24)11-15-9-17(23-7-8-25-10-16(23)19)22-18(21-15)13-3-5-14(20)6-4-13/h3-6,9,12,16H,7-8,10-11,20H2,1-2H3/t16-,26?/m1/s1. The highest BCUT2D eigenvalue weighted by Crippen LogP contribution is 2.26. The van der Waals surface area contributed by atoms with E-state index in [4.69, 9.17) is 15.5 Å². The SMILES string of the molecule is CC(C)[S+]([O-])Cc1cc(N2CCOC[C@@H]2I)nc(-c2ccc(N)cc2)n1. The summed E-state index contributed by atoms with van der Waals surface area (Å²) in [6, 6.07) is 9.47. The Bertz CT molecular complexity index is 744. The third-order valence-electron chi connectivity index (χ3n) is 4.11. The van der Waals surface area contributed by atoms with Crippen LogP contribution < -0.4 is 10.6 Å². The molecule has 2 aromatic rings. The van der Waals surface area contributed by atoms with Crippen LogP contribution in [0.15, 0.2) is 30.3 Å². The molecule has 1 aliphatic rings. The molecule has 3 rings (SSSR count). The number of morpholine rings is 1. The summed E-state index contributed by atoms with van der Waals surface area (Å²) in [5.41, 5.74) is 8.19. The number of nitrogens with two attached hydrogens (primary N) is 1. The highest BCUT2D eigenvalue weighted by molar-refractivity contribution is 14.1. The minimum absolute atomic E-state index is 0.0918. The summed E-state index contributed by atoms with van der Waals surface area (Å²) < 4.78 is 18.1. The van der Waals surface area contributed by atoms with E-state index in [0.717, 1.165) is 23.6 Å². The van der Waals surface area contributed by atoms with Crippen LogP contribution >= 0.6 is 22.6 Å². The van der Waals surface area contributed by atoms with Crippen molar-refractivity contribution in [3.63, 3.8) is 0 Å². The summed E-state index contributed by atoms with van der Waals surface area (Å²) in [6.45, 7) is 6.03. The summed E-state index contributed by atoms with van der Waals surface area (Å²) in [5, 5.41) is 0.0918. The normalized spacial score (nSPS) is 19.0. The van der Waals surface area contributed by atoms with Crippen molar-refractivity contribution in [2.24, 2.45) is 0 Å². The van der Waals surface area contributed by atoms with Gasteiger partial charge in [0.05, 0.1) is 18.9 Å². The van der Waals surface area contributed by atoms with E-state index in [1.165, 1.54) is 0 Å². The average Bonchev–Trinajstić information content (AvgIpc) is 2.62. The lowest BCUT2D eigenvalue weighted by Crippen LogP contribution is -2.42. The van der Waals surface area contributed by atoms with E-state index in [-0.39, 0.29) is 9.30 Å². The van der Waals surface area contributed by atoms with Crippen LogP contribution in [0, 0.1) is 0 Å². The molecule has 2 heterocycles. The number of nitrogens with zero attached hydrogens (tertiary/aromatic N) is 3. The molecule has 1 aromatic heterocycles. The average molecular weight is 486 g/mol. The Morgan fingerprint density at radius 2 is 2.08 bits per heavy atom. The van der Waals surface area contributed by atoms with Crippen molar-refractivity contribution in [1.29, 1.82) is 0 Å². The molecule has 6 nitrogen and oxygen atoms in total. The number of hydrogen-bond donors (Lipinski definition) is 1. The molecule has 0 amide bonds. The maximum atomic E-state index is 12.4. The predicted octanol–water partition coefficient (Wildman–Crippen LogP) is 2.98. The first kappa shape index (κ1) is 19.7. The van der Waals surface area contributed by atoms with Gasteiger partial charge in [0.15, 0.2) is 5.82 Å². The number of benzene rings is 1.